The molecule has 4 aromatic carbocycles. The maximum atomic E-state index is 15.5. The molecule has 4 aromatic rings. The van der Waals surface area contributed by atoms with E-state index >= 15 is 4.79 Å². The number of ketones is 1. The van der Waals surface area contributed by atoms with Crippen LogP contribution >= 0.6 is 0 Å². The van der Waals surface area contributed by atoms with Gasteiger partial charge in [-0.2, -0.15) is 0 Å². The zero-order valence-electron chi connectivity index (χ0n) is 22.6. The number of allylic oxidation sites excluding steroid dienone is 2. The molecule has 4 atom stereocenters. The first-order chi connectivity index (χ1) is 20.0. The van der Waals surface area contributed by atoms with Crippen LogP contribution in [0.4, 0.5) is 0 Å². The molecule has 41 heavy (non-hydrogen) atoms. The summed E-state index contributed by atoms with van der Waals surface area (Å²) in [4.78, 5) is 43.1. The van der Waals surface area contributed by atoms with Gasteiger partial charge in [0.25, 0.3) is 0 Å². The molecule has 6 heteroatoms. The van der Waals surface area contributed by atoms with Crippen LogP contribution in [0.2, 0.25) is 0 Å². The number of carbonyl (C=O) groups is 3. The highest BCUT2D eigenvalue weighted by Crippen LogP contribution is 2.73. The Kier molecular flexibility index (Phi) is 5.51. The monoisotopic (exact) mass is 541 g/mol. The fraction of sp³-hybridized carbons (Fsp3) is 0.171. The van der Waals surface area contributed by atoms with Crippen LogP contribution in [0.5, 0.6) is 11.5 Å². The average Bonchev–Trinajstić information content (AvgIpc) is 3.56. The Balaban J connectivity index is 1.69. The smallest absolute Gasteiger partial charge is 0.232 e. The normalized spacial score (nSPS) is 26.2. The van der Waals surface area contributed by atoms with Gasteiger partial charge in [-0.05, 0) is 57.7 Å². The van der Waals surface area contributed by atoms with Crippen LogP contribution in [0.1, 0.15) is 22.3 Å². The minimum atomic E-state index is -1.40. The number of nitrogens with one attached hydrogen (secondary N) is 1. The van der Waals surface area contributed by atoms with E-state index in [0.29, 0.717) is 22.6 Å². The Hall–Kier alpha value is -4.97. The zero-order valence-corrected chi connectivity index (χ0v) is 22.6. The first kappa shape index (κ1) is 25.0. The number of hydrogen-bond acceptors (Lipinski definition) is 5. The highest BCUT2D eigenvalue weighted by atomic mass is 16.5. The third-order valence-electron chi connectivity index (χ3n) is 9.05. The molecule has 1 aliphatic heterocycles. The van der Waals surface area contributed by atoms with Crippen molar-refractivity contribution in [2.75, 3.05) is 14.2 Å². The van der Waals surface area contributed by atoms with E-state index in [0.717, 1.165) is 22.3 Å². The number of hydrogen-bond donors (Lipinski definition) is 1. The number of carbonyl (C=O) groups excluding carboxylic acids is 3. The van der Waals surface area contributed by atoms with Crippen molar-refractivity contribution < 1.29 is 23.9 Å². The molecular weight excluding hydrogens is 514 g/mol. The van der Waals surface area contributed by atoms with Gasteiger partial charge in [-0.1, -0.05) is 84.9 Å². The van der Waals surface area contributed by atoms with Crippen LogP contribution in [0.25, 0.3) is 11.1 Å². The van der Waals surface area contributed by atoms with E-state index in [4.69, 9.17) is 9.47 Å². The summed E-state index contributed by atoms with van der Waals surface area (Å²) in [5, 5.41) is 2.61. The molecule has 202 valence electrons. The summed E-state index contributed by atoms with van der Waals surface area (Å²) in [5.74, 6) is -1.48. The number of rotatable bonds is 6. The fourth-order valence-corrected chi connectivity index (χ4v) is 7.57. The van der Waals surface area contributed by atoms with Crippen molar-refractivity contribution in [2.24, 2.45) is 11.8 Å². The van der Waals surface area contributed by atoms with Gasteiger partial charge in [-0.25, -0.2) is 0 Å². The van der Waals surface area contributed by atoms with Crippen molar-refractivity contribution in [2.45, 2.75) is 10.8 Å². The van der Waals surface area contributed by atoms with E-state index in [2.05, 4.69) is 5.32 Å². The molecule has 1 heterocycles. The molecule has 1 saturated heterocycles. The predicted octanol–water partition coefficient (Wildman–Crippen LogP) is 4.98. The molecule has 1 N–H and O–H groups in total. The number of fused-ring (bicyclic) bond motifs is 5. The molecule has 2 bridgehead atoms. The number of imide groups is 1. The number of amides is 2. The van der Waals surface area contributed by atoms with Gasteiger partial charge in [0.15, 0.2) is 5.78 Å². The molecule has 0 aromatic heterocycles. The second-order valence-corrected chi connectivity index (χ2v) is 10.7. The zero-order chi connectivity index (χ0) is 28.4. The van der Waals surface area contributed by atoms with Gasteiger partial charge in [0, 0.05) is 0 Å². The summed E-state index contributed by atoms with van der Waals surface area (Å²) in [6, 6.07) is 34.0. The van der Waals surface area contributed by atoms with Crippen molar-refractivity contribution >= 4 is 28.7 Å². The van der Waals surface area contributed by atoms with Gasteiger partial charge in [0.1, 0.15) is 11.5 Å². The van der Waals surface area contributed by atoms with Crippen LogP contribution in [0.3, 0.4) is 0 Å². The Labute approximate surface area is 237 Å². The highest BCUT2D eigenvalue weighted by molar-refractivity contribution is 6.35. The van der Waals surface area contributed by atoms with Crippen molar-refractivity contribution in [3.8, 4) is 11.5 Å². The Morgan fingerprint density at radius 2 is 0.902 bits per heavy atom. The Morgan fingerprint density at radius 3 is 1.24 bits per heavy atom. The van der Waals surface area contributed by atoms with Crippen molar-refractivity contribution in [1.29, 1.82) is 0 Å². The van der Waals surface area contributed by atoms with Crippen LogP contribution in [-0.2, 0) is 25.2 Å². The van der Waals surface area contributed by atoms with Gasteiger partial charge in [-0.15, -0.1) is 0 Å². The van der Waals surface area contributed by atoms with Crippen LogP contribution < -0.4 is 14.8 Å². The highest BCUT2D eigenvalue weighted by Gasteiger charge is 2.81. The summed E-state index contributed by atoms with van der Waals surface area (Å²) < 4.78 is 10.9. The van der Waals surface area contributed by atoms with Crippen molar-refractivity contribution in [3.63, 3.8) is 0 Å². The first-order valence-corrected chi connectivity index (χ1v) is 13.5. The molecule has 0 radical (unpaired) electrons. The lowest BCUT2D eigenvalue weighted by Crippen LogP contribution is -2.44. The molecule has 0 spiro atoms. The number of ether oxygens (including phenoxy) is 2. The third kappa shape index (κ3) is 3.10. The SMILES string of the molecule is COc1ccc(C2=C(c3ccc(OC)cc3)[C@@]3(c4ccccc4)C(=O)[C@]2(c2ccccc2)[C@H]2C(=O)NC(=O)[C@@H]23)cc1. The number of methoxy groups -OCH3 is 2. The van der Waals surface area contributed by atoms with E-state index in [1.54, 1.807) is 14.2 Å². The van der Waals surface area contributed by atoms with Crippen LogP contribution in [0, 0.1) is 11.8 Å². The maximum Gasteiger partial charge on any atom is 0.232 e. The lowest BCUT2D eigenvalue weighted by molar-refractivity contribution is -0.132. The lowest BCUT2D eigenvalue weighted by atomic mass is 9.59. The van der Waals surface area contributed by atoms with Gasteiger partial charge in [0.2, 0.25) is 11.8 Å². The summed E-state index contributed by atoms with van der Waals surface area (Å²) >= 11 is 0. The van der Waals surface area contributed by atoms with E-state index in [1.165, 1.54) is 0 Å². The minimum Gasteiger partial charge on any atom is -0.497 e. The Morgan fingerprint density at radius 1 is 0.537 bits per heavy atom. The maximum absolute atomic E-state index is 15.5. The molecular formula is C35H27NO5. The van der Waals surface area contributed by atoms with E-state index in [-0.39, 0.29) is 5.78 Å². The Bertz CT molecular complexity index is 1600. The molecule has 2 aliphatic carbocycles. The number of benzene rings is 4. The molecule has 7 rings (SSSR count). The van der Waals surface area contributed by atoms with E-state index in [1.807, 2.05) is 109 Å². The predicted molar refractivity (Wildman–Crippen MR) is 154 cm³/mol. The van der Waals surface area contributed by atoms with Crippen LogP contribution in [-0.4, -0.2) is 31.8 Å². The second kappa shape index (κ2) is 9.03. The average molecular weight is 542 g/mol. The molecule has 0 unspecified atom stereocenters. The van der Waals surface area contributed by atoms with Gasteiger partial charge < -0.3 is 9.47 Å². The standard InChI is InChI=1S/C35H27NO5/c1-40-25-17-13-21(14-18-25)27-28(22-15-19-26(41-2)20-16-22)35(24-11-7-4-8-12-24)30-29(31(37)36-32(30)38)34(27,33(35)39)23-9-5-3-6-10-23/h3-20,29-30H,1-2H3,(H,36,37,38)/t29-,30-,34-,35+/m1/s1. The largest absolute Gasteiger partial charge is 0.497 e. The van der Waals surface area contributed by atoms with Crippen molar-refractivity contribution in [3.05, 3.63) is 131 Å². The minimum absolute atomic E-state index is 0.155. The van der Waals surface area contributed by atoms with Gasteiger partial charge >= 0.3 is 0 Å². The fourth-order valence-electron chi connectivity index (χ4n) is 7.57. The first-order valence-electron chi connectivity index (χ1n) is 13.5. The lowest BCUT2D eigenvalue weighted by Gasteiger charge is -2.39. The summed E-state index contributed by atoms with van der Waals surface area (Å²) in [7, 11) is 3.21. The molecule has 2 amide bonds. The van der Waals surface area contributed by atoms with Crippen molar-refractivity contribution in [1.82, 2.24) is 5.32 Å². The molecule has 1 saturated carbocycles. The third-order valence-corrected chi connectivity index (χ3v) is 9.05. The topological polar surface area (TPSA) is 81.7 Å². The quantitative estimate of drug-likeness (QED) is 0.349. The van der Waals surface area contributed by atoms with E-state index in [9.17, 15) is 9.59 Å². The molecule has 6 nitrogen and oxygen atoms in total. The summed E-state index contributed by atoms with van der Waals surface area (Å²) in [6.07, 6.45) is 0. The summed E-state index contributed by atoms with van der Waals surface area (Å²) in [6.45, 7) is 0. The number of Topliss-reactive ketones (excluding diaryl/α,β-unsaturated/α-hetero) is 1. The van der Waals surface area contributed by atoms with E-state index < -0.39 is 34.5 Å². The van der Waals surface area contributed by atoms with Gasteiger partial charge in [0.05, 0.1) is 36.9 Å². The molecule has 2 fully saturated rings. The van der Waals surface area contributed by atoms with Crippen LogP contribution in [0.15, 0.2) is 109 Å². The van der Waals surface area contributed by atoms with Gasteiger partial charge in [-0.3, -0.25) is 19.7 Å². The molecule has 3 aliphatic rings. The summed E-state index contributed by atoms with van der Waals surface area (Å²) in [5.41, 5.74) is 1.63. The second-order valence-electron chi connectivity index (χ2n) is 10.7.